The van der Waals surface area contributed by atoms with Crippen LogP contribution in [0.2, 0.25) is 0 Å². The lowest BCUT2D eigenvalue weighted by Gasteiger charge is -2.32. The summed E-state index contributed by atoms with van der Waals surface area (Å²) in [5, 5.41) is 0. The zero-order chi connectivity index (χ0) is 14.1. The molecule has 2 saturated heterocycles. The smallest absolute Gasteiger partial charge is 0.318 e. The first-order chi connectivity index (χ1) is 9.63. The minimum Gasteiger partial charge on any atom is -0.462 e. The summed E-state index contributed by atoms with van der Waals surface area (Å²) >= 11 is 0. The fraction of sp³-hybridized carbons (Fsp3) is 0.714. The Hall–Kier alpha value is -1.40. The zero-order valence-corrected chi connectivity index (χ0v) is 12.5. The Bertz CT molecular complexity index is 465. The van der Waals surface area contributed by atoms with E-state index in [1.165, 1.54) is 6.42 Å². The molecular weight excluding hydrogens is 254 g/mol. The van der Waals surface area contributed by atoms with Gasteiger partial charge < -0.3 is 14.5 Å². The van der Waals surface area contributed by atoms with Crippen molar-refractivity contribution in [2.75, 3.05) is 52.3 Å². The summed E-state index contributed by atoms with van der Waals surface area (Å²) in [7, 11) is 6.26. The minimum absolute atomic E-state index is 0.487. The van der Waals surface area contributed by atoms with Crippen molar-refractivity contribution in [2.45, 2.75) is 18.5 Å². The van der Waals surface area contributed by atoms with E-state index in [9.17, 15) is 0 Å². The van der Waals surface area contributed by atoms with Crippen molar-refractivity contribution in [3.05, 3.63) is 12.3 Å². The minimum atomic E-state index is 0.487. The molecule has 2 atom stereocenters. The number of fused-ring (bicyclic) bond motifs is 2. The van der Waals surface area contributed by atoms with Crippen LogP contribution in [0.25, 0.3) is 0 Å². The van der Waals surface area contributed by atoms with Gasteiger partial charge in [-0.05, 0) is 33.6 Å². The molecule has 1 aromatic rings. The Morgan fingerprint density at radius 1 is 1.35 bits per heavy atom. The van der Waals surface area contributed by atoms with Gasteiger partial charge in [0.15, 0.2) is 0 Å². The number of ether oxygens (including phenoxy) is 1. The van der Waals surface area contributed by atoms with Gasteiger partial charge in [0.05, 0.1) is 0 Å². The van der Waals surface area contributed by atoms with Gasteiger partial charge in [-0.2, -0.15) is 4.98 Å². The Labute approximate surface area is 120 Å². The number of hydrogen-bond donors (Lipinski definition) is 0. The van der Waals surface area contributed by atoms with E-state index < -0.39 is 0 Å². The summed E-state index contributed by atoms with van der Waals surface area (Å²) in [5.41, 5.74) is 0. The molecule has 0 aromatic carbocycles. The maximum Gasteiger partial charge on any atom is 0.318 e. The third-order valence-electron chi connectivity index (χ3n) is 4.20. The first-order valence-corrected chi connectivity index (χ1v) is 7.21. The van der Waals surface area contributed by atoms with Crippen LogP contribution in [0.3, 0.4) is 0 Å². The molecule has 2 fully saturated rings. The van der Waals surface area contributed by atoms with Crippen LogP contribution in [0.5, 0.6) is 6.01 Å². The number of likely N-dealkylation sites (N-methyl/N-ethyl adjacent to an activating group) is 2. The van der Waals surface area contributed by atoms with E-state index in [2.05, 4.69) is 31.7 Å². The molecule has 0 N–H and O–H groups in total. The molecule has 3 rings (SSSR count). The molecular formula is C14H23N5O. The van der Waals surface area contributed by atoms with Gasteiger partial charge in [-0.25, -0.2) is 4.98 Å². The van der Waals surface area contributed by atoms with E-state index in [0.717, 1.165) is 25.5 Å². The number of hydrogen-bond acceptors (Lipinski definition) is 6. The molecule has 2 aliphatic heterocycles. The summed E-state index contributed by atoms with van der Waals surface area (Å²) < 4.78 is 5.62. The summed E-state index contributed by atoms with van der Waals surface area (Å²) in [5.74, 6) is 1.00. The van der Waals surface area contributed by atoms with Gasteiger partial charge in [0.25, 0.3) is 0 Å². The molecule has 0 radical (unpaired) electrons. The van der Waals surface area contributed by atoms with Gasteiger partial charge in [0, 0.05) is 37.9 Å². The molecule has 110 valence electrons. The van der Waals surface area contributed by atoms with Gasteiger partial charge in [-0.3, -0.25) is 4.90 Å². The van der Waals surface area contributed by atoms with Crippen molar-refractivity contribution in [2.24, 2.45) is 0 Å². The molecule has 0 spiro atoms. The lowest BCUT2D eigenvalue weighted by molar-refractivity contribution is 0.245. The molecule has 3 heterocycles. The molecule has 2 unspecified atom stereocenters. The summed E-state index contributed by atoms with van der Waals surface area (Å²) in [6, 6.07) is 3.74. The van der Waals surface area contributed by atoms with E-state index in [4.69, 9.17) is 4.74 Å². The normalized spacial score (nSPS) is 25.7. The highest BCUT2D eigenvalue weighted by molar-refractivity contribution is 5.43. The predicted octanol–water partition coefficient (Wildman–Crippen LogP) is 0.310. The van der Waals surface area contributed by atoms with Crippen LogP contribution >= 0.6 is 0 Å². The zero-order valence-electron chi connectivity index (χ0n) is 12.5. The second-order valence-corrected chi connectivity index (χ2v) is 5.98. The maximum atomic E-state index is 5.62. The van der Waals surface area contributed by atoms with Crippen molar-refractivity contribution in [3.8, 4) is 6.01 Å². The van der Waals surface area contributed by atoms with Gasteiger partial charge in [0.2, 0.25) is 0 Å². The first kappa shape index (κ1) is 13.6. The number of likely N-dealkylation sites (tertiary alicyclic amines) is 1. The molecule has 0 amide bonds. The summed E-state index contributed by atoms with van der Waals surface area (Å²) in [6.07, 6.45) is 3.04. The van der Waals surface area contributed by atoms with Crippen LogP contribution in [0.1, 0.15) is 6.42 Å². The molecule has 0 saturated carbocycles. The highest BCUT2D eigenvalue weighted by atomic mass is 16.5. The Morgan fingerprint density at radius 3 is 2.85 bits per heavy atom. The molecule has 6 heteroatoms. The van der Waals surface area contributed by atoms with Gasteiger partial charge >= 0.3 is 6.01 Å². The molecule has 2 bridgehead atoms. The third kappa shape index (κ3) is 2.71. The van der Waals surface area contributed by atoms with Crippen molar-refractivity contribution in [1.82, 2.24) is 19.8 Å². The molecule has 0 aliphatic carbocycles. The molecule has 1 aromatic heterocycles. The first-order valence-electron chi connectivity index (χ1n) is 7.21. The third-order valence-corrected chi connectivity index (χ3v) is 4.20. The molecule has 20 heavy (non-hydrogen) atoms. The Balaban J connectivity index is 1.63. The topological polar surface area (TPSA) is 44.7 Å². The summed E-state index contributed by atoms with van der Waals surface area (Å²) in [6.45, 7) is 3.68. The average molecular weight is 277 g/mol. The number of aromatic nitrogens is 2. The standard InChI is InChI=1S/C14H23N5O/c1-17(2)6-7-20-14-15-5-4-13(16-14)19-10-11-8-12(19)9-18(11)3/h4-5,11-12H,6-10H2,1-3H3. The number of nitrogens with zero attached hydrogens (tertiary/aromatic N) is 5. The Morgan fingerprint density at radius 2 is 2.20 bits per heavy atom. The van der Waals surface area contributed by atoms with Gasteiger partial charge in [-0.15, -0.1) is 0 Å². The van der Waals surface area contributed by atoms with Gasteiger partial charge in [0.1, 0.15) is 12.4 Å². The van der Waals surface area contributed by atoms with E-state index in [1.807, 2.05) is 20.2 Å². The van der Waals surface area contributed by atoms with Crippen LogP contribution in [0.4, 0.5) is 5.82 Å². The Kier molecular flexibility index (Phi) is 3.76. The van der Waals surface area contributed by atoms with E-state index >= 15 is 0 Å². The molecule has 2 aliphatic rings. The van der Waals surface area contributed by atoms with Crippen LogP contribution in [-0.4, -0.2) is 79.2 Å². The summed E-state index contributed by atoms with van der Waals surface area (Å²) in [4.78, 5) is 15.7. The monoisotopic (exact) mass is 277 g/mol. The average Bonchev–Trinajstić information content (AvgIpc) is 2.97. The molecule has 6 nitrogen and oxygen atoms in total. The van der Waals surface area contributed by atoms with Crippen molar-refractivity contribution >= 4 is 5.82 Å². The van der Waals surface area contributed by atoms with E-state index in [1.54, 1.807) is 6.20 Å². The predicted molar refractivity (Wildman–Crippen MR) is 78.3 cm³/mol. The number of anilines is 1. The lowest BCUT2D eigenvalue weighted by Crippen LogP contribution is -2.44. The van der Waals surface area contributed by atoms with Gasteiger partial charge in [-0.1, -0.05) is 0 Å². The van der Waals surface area contributed by atoms with E-state index in [-0.39, 0.29) is 0 Å². The maximum absolute atomic E-state index is 5.62. The fourth-order valence-corrected chi connectivity index (χ4v) is 3.03. The SMILES string of the molecule is CN(C)CCOc1nccc(N2CC3CC2CN3C)n1. The van der Waals surface area contributed by atoms with Crippen LogP contribution in [0.15, 0.2) is 12.3 Å². The van der Waals surface area contributed by atoms with Crippen LogP contribution in [-0.2, 0) is 0 Å². The van der Waals surface area contributed by atoms with Crippen molar-refractivity contribution in [1.29, 1.82) is 0 Å². The van der Waals surface area contributed by atoms with Crippen LogP contribution < -0.4 is 9.64 Å². The quantitative estimate of drug-likeness (QED) is 0.772. The van der Waals surface area contributed by atoms with Crippen LogP contribution in [0, 0.1) is 0 Å². The highest BCUT2D eigenvalue weighted by Gasteiger charge is 2.41. The largest absolute Gasteiger partial charge is 0.462 e. The fourth-order valence-electron chi connectivity index (χ4n) is 3.03. The lowest BCUT2D eigenvalue weighted by atomic mass is 10.2. The van der Waals surface area contributed by atoms with E-state index in [0.29, 0.717) is 24.7 Å². The van der Waals surface area contributed by atoms with Crippen molar-refractivity contribution in [3.63, 3.8) is 0 Å². The number of piperazine rings is 1. The highest BCUT2D eigenvalue weighted by Crippen LogP contribution is 2.32. The second kappa shape index (κ2) is 5.54. The second-order valence-electron chi connectivity index (χ2n) is 5.98. The van der Waals surface area contributed by atoms with Crippen molar-refractivity contribution < 1.29 is 4.74 Å². The number of rotatable bonds is 5.